The Kier molecular flexibility index (Phi) is 3.43. The first-order chi connectivity index (χ1) is 9.74. The summed E-state index contributed by atoms with van der Waals surface area (Å²) in [5, 5.41) is 12.5. The number of benzene rings is 2. The molecule has 2 aromatic carbocycles. The lowest BCUT2D eigenvalue weighted by Gasteiger charge is -2.00. The minimum atomic E-state index is -0.400. The first kappa shape index (κ1) is 12.7. The fourth-order valence-electron chi connectivity index (χ4n) is 1.99. The lowest BCUT2D eigenvalue weighted by atomic mass is 10.1. The Morgan fingerprint density at radius 3 is 2.65 bits per heavy atom. The topological polar surface area (TPSA) is 52.4 Å². The lowest BCUT2D eigenvalue weighted by molar-refractivity contribution is -0.384. The Morgan fingerprint density at radius 2 is 1.90 bits per heavy atom. The number of nitrogens with zero attached hydrogens (tertiary/aromatic N) is 1. The van der Waals surface area contributed by atoms with E-state index in [1.54, 1.807) is 12.1 Å². The molecule has 0 unspecified atom stereocenters. The molecule has 0 saturated carbocycles. The number of nitro benzene ring substituents is 1. The highest BCUT2D eigenvalue weighted by Crippen LogP contribution is 2.33. The van der Waals surface area contributed by atoms with E-state index in [2.05, 4.69) is 0 Å². The van der Waals surface area contributed by atoms with Crippen LogP contribution in [0.3, 0.4) is 0 Å². The zero-order chi connectivity index (χ0) is 13.9. The molecule has 0 fully saturated rings. The monoisotopic (exact) mass is 285 g/mol. The van der Waals surface area contributed by atoms with Gasteiger partial charge in [-0.1, -0.05) is 36.0 Å². The highest BCUT2D eigenvalue weighted by molar-refractivity contribution is 8.02. The molecular weight excluding hydrogens is 274 g/mol. The SMILES string of the molecule is O=[N+]([O-])c1ccc(S/C=C2\OCc3ccccc32)cc1. The molecule has 0 amide bonds. The molecule has 2 aromatic rings. The average molecular weight is 285 g/mol. The predicted molar refractivity (Wildman–Crippen MR) is 78.2 cm³/mol. The van der Waals surface area contributed by atoms with Gasteiger partial charge in [-0.2, -0.15) is 0 Å². The van der Waals surface area contributed by atoms with Crippen LogP contribution in [0.2, 0.25) is 0 Å². The minimum Gasteiger partial charge on any atom is -0.488 e. The Morgan fingerprint density at radius 1 is 1.15 bits per heavy atom. The average Bonchev–Trinajstić information content (AvgIpc) is 2.89. The van der Waals surface area contributed by atoms with Crippen LogP contribution < -0.4 is 0 Å². The smallest absolute Gasteiger partial charge is 0.269 e. The van der Waals surface area contributed by atoms with Crippen molar-refractivity contribution >= 4 is 23.2 Å². The fraction of sp³-hybridized carbons (Fsp3) is 0.0667. The summed E-state index contributed by atoms with van der Waals surface area (Å²) in [7, 11) is 0. The second-order valence-corrected chi connectivity index (χ2v) is 5.24. The van der Waals surface area contributed by atoms with Crippen molar-refractivity contribution in [2.24, 2.45) is 0 Å². The third-order valence-electron chi connectivity index (χ3n) is 3.02. The van der Waals surface area contributed by atoms with E-state index in [0.29, 0.717) is 6.61 Å². The summed E-state index contributed by atoms with van der Waals surface area (Å²) >= 11 is 1.49. The summed E-state index contributed by atoms with van der Waals surface area (Å²) in [6.07, 6.45) is 0. The van der Waals surface area contributed by atoms with Crippen LogP contribution >= 0.6 is 11.8 Å². The van der Waals surface area contributed by atoms with E-state index in [9.17, 15) is 10.1 Å². The maximum atomic E-state index is 10.6. The van der Waals surface area contributed by atoms with E-state index in [1.807, 2.05) is 29.7 Å². The standard InChI is InChI=1S/C15H11NO3S/c17-16(18)12-5-7-13(8-6-12)20-10-15-14-4-2-1-3-11(14)9-19-15/h1-8,10H,9H2/b15-10-. The highest BCUT2D eigenvalue weighted by Gasteiger charge is 2.16. The van der Waals surface area contributed by atoms with Crippen molar-refractivity contribution in [2.45, 2.75) is 11.5 Å². The van der Waals surface area contributed by atoms with Gasteiger partial charge in [0, 0.05) is 33.6 Å². The van der Waals surface area contributed by atoms with E-state index >= 15 is 0 Å². The van der Waals surface area contributed by atoms with E-state index in [0.717, 1.165) is 16.2 Å². The molecule has 0 spiro atoms. The first-order valence-corrected chi connectivity index (χ1v) is 6.94. The molecule has 0 radical (unpaired) electrons. The van der Waals surface area contributed by atoms with Gasteiger partial charge in [0.1, 0.15) is 12.4 Å². The number of thioether (sulfide) groups is 1. The fourth-order valence-corrected chi connectivity index (χ4v) is 2.72. The number of nitro groups is 1. The summed E-state index contributed by atoms with van der Waals surface area (Å²) in [6, 6.07) is 14.5. The molecule has 1 aliphatic heterocycles. The van der Waals surface area contributed by atoms with E-state index < -0.39 is 4.92 Å². The summed E-state index contributed by atoms with van der Waals surface area (Å²) < 4.78 is 5.64. The van der Waals surface area contributed by atoms with E-state index in [4.69, 9.17) is 4.74 Å². The van der Waals surface area contributed by atoms with E-state index in [1.165, 1.54) is 29.5 Å². The minimum absolute atomic E-state index is 0.101. The van der Waals surface area contributed by atoms with Gasteiger partial charge >= 0.3 is 0 Å². The molecule has 4 nitrogen and oxygen atoms in total. The van der Waals surface area contributed by atoms with Gasteiger partial charge in [0.25, 0.3) is 5.69 Å². The summed E-state index contributed by atoms with van der Waals surface area (Å²) in [5.74, 6) is 0.851. The van der Waals surface area contributed by atoms with Crippen molar-refractivity contribution in [1.82, 2.24) is 0 Å². The van der Waals surface area contributed by atoms with Crippen LogP contribution in [0.25, 0.3) is 5.76 Å². The van der Waals surface area contributed by atoms with Gasteiger partial charge in [-0.15, -0.1) is 0 Å². The molecule has 1 heterocycles. The second kappa shape index (κ2) is 5.38. The zero-order valence-corrected chi connectivity index (χ0v) is 11.3. The van der Waals surface area contributed by atoms with Gasteiger partial charge in [-0.25, -0.2) is 0 Å². The van der Waals surface area contributed by atoms with Gasteiger partial charge in [-0.3, -0.25) is 10.1 Å². The van der Waals surface area contributed by atoms with Gasteiger partial charge < -0.3 is 4.74 Å². The van der Waals surface area contributed by atoms with Crippen molar-refractivity contribution in [3.8, 4) is 0 Å². The van der Waals surface area contributed by atoms with Crippen molar-refractivity contribution in [3.63, 3.8) is 0 Å². The highest BCUT2D eigenvalue weighted by atomic mass is 32.2. The van der Waals surface area contributed by atoms with Crippen molar-refractivity contribution < 1.29 is 9.66 Å². The Labute approximate surface area is 120 Å². The normalized spacial score (nSPS) is 14.9. The van der Waals surface area contributed by atoms with Gasteiger partial charge in [0.05, 0.1) is 4.92 Å². The molecule has 3 rings (SSSR count). The maximum Gasteiger partial charge on any atom is 0.269 e. The van der Waals surface area contributed by atoms with Crippen molar-refractivity contribution in [2.75, 3.05) is 0 Å². The Balaban J connectivity index is 1.76. The predicted octanol–water partition coefficient (Wildman–Crippen LogP) is 4.22. The Bertz CT molecular complexity index is 680. The van der Waals surface area contributed by atoms with Gasteiger partial charge in [0.15, 0.2) is 0 Å². The molecule has 1 aliphatic rings. The number of rotatable bonds is 3. The molecule has 0 saturated heterocycles. The van der Waals surface area contributed by atoms with Crippen LogP contribution in [-0.4, -0.2) is 4.92 Å². The molecule has 5 heteroatoms. The molecule has 0 aliphatic carbocycles. The molecule has 0 aromatic heterocycles. The number of fused-ring (bicyclic) bond motifs is 1. The van der Waals surface area contributed by atoms with Crippen LogP contribution in [0.15, 0.2) is 58.8 Å². The zero-order valence-electron chi connectivity index (χ0n) is 10.5. The van der Waals surface area contributed by atoms with Gasteiger partial charge in [0.2, 0.25) is 0 Å². The molecular formula is C15H11NO3S. The van der Waals surface area contributed by atoms with Crippen LogP contribution in [0, 0.1) is 10.1 Å². The number of non-ortho nitro benzene ring substituents is 1. The molecule has 0 N–H and O–H groups in total. The van der Waals surface area contributed by atoms with Gasteiger partial charge in [-0.05, 0) is 12.1 Å². The van der Waals surface area contributed by atoms with E-state index in [-0.39, 0.29) is 5.69 Å². The lowest BCUT2D eigenvalue weighted by Crippen LogP contribution is -1.86. The van der Waals surface area contributed by atoms with Crippen molar-refractivity contribution in [1.29, 1.82) is 0 Å². The van der Waals surface area contributed by atoms with Crippen molar-refractivity contribution in [3.05, 3.63) is 75.2 Å². The third kappa shape index (κ3) is 2.53. The molecule has 0 bridgehead atoms. The first-order valence-electron chi connectivity index (χ1n) is 6.06. The number of ether oxygens (including phenoxy) is 1. The molecule has 0 atom stereocenters. The summed E-state index contributed by atoms with van der Waals surface area (Å²) in [6.45, 7) is 0.600. The second-order valence-electron chi connectivity index (χ2n) is 4.30. The third-order valence-corrected chi connectivity index (χ3v) is 3.89. The molecule has 100 valence electrons. The summed E-state index contributed by atoms with van der Waals surface area (Å²) in [5.41, 5.74) is 2.40. The maximum absolute atomic E-state index is 10.6. The molecule has 20 heavy (non-hydrogen) atoms. The number of hydrogen-bond donors (Lipinski definition) is 0. The summed E-state index contributed by atoms with van der Waals surface area (Å²) in [4.78, 5) is 11.1. The number of hydrogen-bond acceptors (Lipinski definition) is 4. The Hall–Kier alpha value is -2.27. The van der Waals surface area contributed by atoms with Crippen LogP contribution in [0.5, 0.6) is 0 Å². The van der Waals surface area contributed by atoms with Crippen LogP contribution in [-0.2, 0) is 11.3 Å². The van der Waals surface area contributed by atoms with Crippen LogP contribution in [0.1, 0.15) is 11.1 Å². The quantitative estimate of drug-likeness (QED) is 0.481. The van der Waals surface area contributed by atoms with Crippen LogP contribution in [0.4, 0.5) is 5.69 Å². The largest absolute Gasteiger partial charge is 0.488 e.